The highest BCUT2D eigenvalue weighted by Crippen LogP contribution is 2.32. The predicted octanol–water partition coefficient (Wildman–Crippen LogP) is 2.36. The van der Waals surface area contributed by atoms with Crippen molar-refractivity contribution in [2.45, 2.75) is 63.3 Å². The van der Waals surface area contributed by atoms with Crippen LogP contribution in [0.5, 0.6) is 5.75 Å². The first-order chi connectivity index (χ1) is 15.1. The number of hydrogen-bond donors (Lipinski definition) is 2. The van der Waals surface area contributed by atoms with E-state index in [1.54, 1.807) is 4.90 Å². The van der Waals surface area contributed by atoms with Crippen LogP contribution in [0.4, 0.5) is 0 Å². The number of piperidine rings is 1. The molecule has 0 spiro atoms. The molecular formula is C24H31N3O4. The Morgan fingerprint density at radius 3 is 2.81 bits per heavy atom. The molecule has 5 rings (SSSR count). The fraction of sp³-hybridized carbons (Fsp3) is 0.583. The van der Waals surface area contributed by atoms with Gasteiger partial charge in [-0.05, 0) is 55.9 Å². The highest BCUT2D eigenvalue weighted by atomic mass is 16.5. The summed E-state index contributed by atoms with van der Waals surface area (Å²) in [5.74, 6) is 1.21. The molecule has 7 heteroatoms. The molecule has 1 aliphatic carbocycles. The number of fused-ring (bicyclic) bond motifs is 1. The Bertz CT molecular complexity index is 882. The van der Waals surface area contributed by atoms with Crippen molar-refractivity contribution in [2.75, 3.05) is 19.8 Å². The lowest BCUT2D eigenvalue weighted by Gasteiger charge is -2.35. The lowest BCUT2D eigenvalue weighted by atomic mass is 9.91. The van der Waals surface area contributed by atoms with Crippen LogP contribution in [0.1, 0.15) is 54.4 Å². The average molecular weight is 426 g/mol. The number of ether oxygens (including phenoxy) is 2. The van der Waals surface area contributed by atoms with Crippen molar-refractivity contribution in [1.29, 1.82) is 0 Å². The van der Waals surface area contributed by atoms with Crippen molar-refractivity contribution in [1.82, 2.24) is 15.5 Å². The third-order valence-electron chi connectivity index (χ3n) is 6.97. The monoisotopic (exact) mass is 425 g/mol. The lowest BCUT2D eigenvalue weighted by molar-refractivity contribution is -0.126. The number of carbonyl (C=O) groups excluding carboxylic acids is 2. The largest absolute Gasteiger partial charge is 0.489 e. The van der Waals surface area contributed by atoms with Gasteiger partial charge in [-0.2, -0.15) is 0 Å². The number of benzene rings is 1. The number of allylic oxidation sites excluding steroid dienone is 1. The normalized spacial score (nSPS) is 28.8. The second kappa shape index (κ2) is 8.63. The summed E-state index contributed by atoms with van der Waals surface area (Å²) in [6.07, 6.45) is 6.01. The zero-order valence-corrected chi connectivity index (χ0v) is 17.9. The van der Waals surface area contributed by atoms with Gasteiger partial charge in [0.05, 0.1) is 13.2 Å². The zero-order chi connectivity index (χ0) is 21.4. The van der Waals surface area contributed by atoms with Gasteiger partial charge in [0.1, 0.15) is 17.9 Å². The molecule has 3 atom stereocenters. The number of nitrogens with one attached hydrogen (secondary N) is 2. The third-order valence-corrected chi connectivity index (χ3v) is 6.97. The Morgan fingerprint density at radius 2 is 2.03 bits per heavy atom. The molecule has 2 N–H and O–H groups in total. The van der Waals surface area contributed by atoms with Crippen molar-refractivity contribution < 1.29 is 19.1 Å². The van der Waals surface area contributed by atoms with Crippen LogP contribution in [0, 0.1) is 5.92 Å². The number of carbonyl (C=O) groups is 2. The van der Waals surface area contributed by atoms with Crippen LogP contribution in [0.3, 0.4) is 0 Å². The second-order valence-electron chi connectivity index (χ2n) is 9.26. The van der Waals surface area contributed by atoms with Crippen LogP contribution >= 0.6 is 0 Å². The minimum Gasteiger partial charge on any atom is -0.489 e. The molecule has 0 aromatic heterocycles. The van der Waals surface area contributed by atoms with Crippen molar-refractivity contribution in [3.05, 3.63) is 41.6 Å². The molecule has 0 radical (unpaired) electrons. The average Bonchev–Trinajstić information content (AvgIpc) is 3.04. The Morgan fingerprint density at radius 1 is 1.19 bits per heavy atom. The van der Waals surface area contributed by atoms with Gasteiger partial charge in [0.25, 0.3) is 5.91 Å². The molecule has 31 heavy (non-hydrogen) atoms. The Labute approximate surface area is 183 Å². The number of rotatable bonds is 6. The molecule has 0 bridgehead atoms. The maximum Gasteiger partial charge on any atom is 0.255 e. The first-order valence-electron chi connectivity index (χ1n) is 11.5. The van der Waals surface area contributed by atoms with Crippen LogP contribution < -0.4 is 15.4 Å². The summed E-state index contributed by atoms with van der Waals surface area (Å²) in [7, 11) is 0. The molecule has 3 fully saturated rings. The van der Waals surface area contributed by atoms with Crippen molar-refractivity contribution in [3.8, 4) is 5.75 Å². The second-order valence-corrected chi connectivity index (χ2v) is 9.26. The van der Waals surface area contributed by atoms with Gasteiger partial charge in [0, 0.05) is 36.3 Å². The van der Waals surface area contributed by atoms with E-state index < -0.39 is 6.04 Å². The van der Waals surface area contributed by atoms with E-state index in [0.29, 0.717) is 36.9 Å². The van der Waals surface area contributed by atoms with Gasteiger partial charge in [-0.1, -0.05) is 13.0 Å². The number of amides is 2. The van der Waals surface area contributed by atoms with E-state index in [1.165, 1.54) is 12.8 Å². The molecule has 1 aromatic carbocycles. The molecule has 2 saturated heterocycles. The molecule has 4 aliphatic rings. The summed E-state index contributed by atoms with van der Waals surface area (Å²) in [6.45, 7) is 6.96. The molecule has 2 amide bonds. The van der Waals surface area contributed by atoms with Crippen molar-refractivity contribution >= 4 is 11.8 Å². The highest BCUT2D eigenvalue weighted by Gasteiger charge is 2.38. The summed E-state index contributed by atoms with van der Waals surface area (Å²) in [6, 6.07) is 5.65. The fourth-order valence-electron chi connectivity index (χ4n) is 5.07. The van der Waals surface area contributed by atoms with E-state index >= 15 is 0 Å². The SMILES string of the molecule is C=C1CCC(N2Cc3cc(O[C@@H]4CCCC[C@H]4NCC4COC4)ccc3C2=O)C(=O)N1. The fourth-order valence-corrected chi connectivity index (χ4v) is 5.07. The Balaban J connectivity index is 1.25. The van der Waals surface area contributed by atoms with Gasteiger partial charge in [-0.15, -0.1) is 0 Å². The van der Waals surface area contributed by atoms with Gasteiger partial charge in [-0.25, -0.2) is 0 Å². The van der Waals surface area contributed by atoms with E-state index in [2.05, 4.69) is 17.2 Å². The maximum absolute atomic E-state index is 12.9. The first-order valence-corrected chi connectivity index (χ1v) is 11.5. The van der Waals surface area contributed by atoms with Crippen molar-refractivity contribution in [3.63, 3.8) is 0 Å². The van der Waals surface area contributed by atoms with E-state index in [0.717, 1.165) is 49.6 Å². The zero-order valence-electron chi connectivity index (χ0n) is 17.9. The van der Waals surface area contributed by atoms with E-state index in [4.69, 9.17) is 9.47 Å². The molecule has 166 valence electrons. The van der Waals surface area contributed by atoms with Gasteiger partial charge < -0.3 is 25.0 Å². The summed E-state index contributed by atoms with van der Waals surface area (Å²) in [4.78, 5) is 27.0. The Kier molecular flexibility index (Phi) is 5.71. The van der Waals surface area contributed by atoms with Gasteiger partial charge >= 0.3 is 0 Å². The van der Waals surface area contributed by atoms with E-state index in [9.17, 15) is 9.59 Å². The quantitative estimate of drug-likeness (QED) is 0.732. The molecule has 7 nitrogen and oxygen atoms in total. The van der Waals surface area contributed by atoms with Crippen LogP contribution in [0.25, 0.3) is 0 Å². The predicted molar refractivity (Wildman–Crippen MR) is 116 cm³/mol. The smallest absolute Gasteiger partial charge is 0.255 e. The third kappa shape index (κ3) is 4.21. The van der Waals surface area contributed by atoms with Gasteiger partial charge in [0.15, 0.2) is 0 Å². The molecule has 3 heterocycles. The number of hydrogen-bond acceptors (Lipinski definition) is 5. The van der Waals surface area contributed by atoms with Crippen LogP contribution in [0.15, 0.2) is 30.5 Å². The van der Waals surface area contributed by atoms with E-state index in [1.807, 2.05) is 18.2 Å². The van der Waals surface area contributed by atoms with Crippen LogP contribution in [0.2, 0.25) is 0 Å². The van der Waals surface area contributed by atoms with Crippen molar-refractivity contribution in [2.24, 2.45) is 5.92 Å². The lowest BCUT2D eigenvalue weighted by Crippen LogP contribution is -2.49. The van der Waals surface area contributed by atoms with Crippen LogP contribution in [-0.4, -0.2) is 54.7 Å². The van der Waals surface area contributed by atoms with E-state index in [-0.39, 0.29) is 17.9 Å². The molecular weight excluding hydrogens is 394 g/mol. The standard InChI is InChI=1S/C24H31N3O4/c1-15-6-9-21(23(28)26-15)27-12-17-10-18(7-8-19(17)24(27)29)31-22-5-3-2-4-20(22)25-11-16-13-30-14-16/h7-8,10,16,20-22,25H,1-6,9,11-14H2,(H,26,28)/t20-,21?,22-/m1/s1. The van der Waals surface area contributed by atoms with Crippen LogP contribution in [-0.2, 0) is 16.1 Å². The molecule has 1 unspecified atom stereocenters. The van der Waals surface area contributed by atoms with Gasteiger partial charge in [0.2, 0.25) is 5.91 Å². The summed E-state index contributed by atoms with van der Waals surface area (Å²) in [5.41, 5.74) is 2.33. The van der Waals surface area contributed by atoms with Gasteiger partial charge in [-0.3, -0.25) is 9.59 Å². The molecule has 1 saturated carbocycles. The highest BCUT2D eigenvalue weighted by molar-refractivity contribution is 6.01. The molecule has 1 aromatic rings. The minimum atomic E-state index is -0.433. The maximum atomic E-state index is 12.9. The first kappa shape index (κ1) is 20.5. The summed E-state index contributed by atoms with van der Waals surface area (Å²) in [5, 5.41) is 6.48. The number of nitrogens with zero attached hydrogens (tertiary/aromatic N) is 1. The Hall–Kier alpha value is -2.38. The summed E-state index contributed by atoms with van der Waals surface area (Å²) >= 11 is 0. The summed E-state index contributed by atoms with van der Waals surface area (Å²) < 4.78 is 11.7. The minimum absolute atomic E-state index is 0.0749. The topological polar surface area (TPSA) is 79.9 Å². The molecule has 3 aliphatic heterocycles.